The summed E-state index contributed by atoms with van der Waals surface area (Å²) in [5.41, 5.74) is 1.07. The van der Waals surface area contributed by atoms with Gasteiger partial charge in [0, 0.05) is 39.4 Å². The topological polar surface area (TPSA) is 158 Å². The Kier molecular flexibility index (Phi) is 20.4. The van der Waals surface area contributed by atoms with Gasteiger partial charge in [0.15, 0.2) is 11.7 Å². The van der Waals surface area contributed by atoms with Gasteiger partial charge in [-0.2, -0.15) is 0 Å². The quantitative estimate of drug-likeness (QED) is 0.298. The number of carboxylic acid groups (broad SMARTS) is 2. The summed E-state index contributed by atoms with van der Waals surface area (Å²) >= 11 is 0. The molecule has 0 saturated heterocycles. The van der Waals surface area contributed by atoms with Gasteiger partial charge in [0.2, 0.25) is 0 Å². The molecule has 1 heterocycles. The van der Waals surface area contributed by atoms with Crippen molar-refractivity contribution in [2.24, 2.45) is 5.92 Å². The fraction of sp³-hybridized carbons (Fsp3) is 0.529. The first-order valence-electron chi connectivity index (χ1n) is 7.84. The Labute approximate surface area is 167 Å². The largest absolute Gasteiger partial charge is 0.693 e. The van der Waals surface area contributed by atoms with E-state index >= 15 is 0 Å². The molecule has 26 heavy (non-hydrogen) atoms. The molecule has 0 fully saturated rings. The van der Waals surface area contributed by atoms with Crippen LogP contribution in [0.25, 0.3) is 6.15 Å². The molecular weight excluding hydrogens is 523 g/mol. The maximum Gasteiger partial charge on any atom is 0.317 e. The van der Waals surface area contributed by atoms with E-state index in [1.807, 2.05) is 25.1 Å². The second-order valence-corrected chi connectivity index (χ2v) is 5.35. The summed E-state index contributed by atoms with van der Waals surface area (Å²) in [4.78, 5) is 35.8. The number of unbranched alkanes of at least 4 members (excludes halogenated alkanes) is 3. The second-order valence-electron chi connectivity index (χ2n) is 5.35. The molecule has 152 valence electrons. The van der Waals surface area contributed by atoms with Crippen molar-refractivity contribution in [3.63, 3.8) is 0 Å². The Morgan fingerprint density at radius 2 is 1.62 bits per heavy atom. The number of aliphatic hydroxyl groups excluding tert-OH is 1. The minimum absolute atomic E-state index is 0. The van der Waals surface area contributed by atoms with Crippen LogP contribution in [0.3, 0.4) is 0 Å². The summed E-state index contributed by atoms with van der Waals surface area (Å²) in [6.07, 6.45) is 4.79. The summed E-state index contributed by atoms with van der Waals surface area (Å²) in [6, 6.07) is 5.86. The van der Waals surface area contributed by atoms with E-state index in [0.29, 0.717) is 25.7 Å². The first-order valence-corrected chi connectivity index (χ1v) is 7.84. The number of aryl methyl sites for hydroxylation is 1. The Morgan fingerprint density at radius 3 is 2.00 bits per heavy atom. The van der Waals surface area contributed by atoms with Crippen molar-refractivity contribution in [3.8, 4) is 0 Å². The normalized spacial score (nSPS) is 9.19. The molecular formula is C17H27N2O6Pt-. The zero-order valence-electron chi connectivity index (χ0n) is 14.7. The van der Waals surface area contributed by atoms with E-state index in [2.05, 4.69) is 4.98 Å². The van der Waals surface area contributed by atoms with Crippen LogP contribution >= 0.6 is 0 Å². The van der Waals surface area contributed by atoms with Crippen LogP contribution in [-0.2, 0) is 35.4 Å². The third kappa shape index (κ3) is 15.9. The summed E-state index contributed by atoms with van der Waals surface area (Å²) in [5, 5.41) is 25.6. The molecule has 0 atom stereocenters. The number of aliphatic hydroxyl groups is 1. The molecule has 0 aliphatic carbocycles. The van der Waals surface area contributed by atoms with Crippen LogP contribution in [0.15, 0.2) is 24.4 Å². The zero-order chi connectivity index (χ0) is 18.4. The number of Topliss-reactive ketones (excluding diaryl/α,β-unsaturated/α-hetero) is 1. The Hall–Kier alpha value is -1.63. The van der Waals surface area contributed by atoms with Gasteiger partial charge in [-0.1, -0.05) is 25.3 Å². The number of hydrogen-bond acceptors (Lipinski definition) is 5. The molecule has 0 bridgehead atoms. The molecule has 8 nitrogen and oxygen atoms in total. The minimum Gasteiger partial charge on any atom is -0.693 e. The first kappa shape index (κ1) is 29.1. The Balaban J connectivity index is -0.000000494. The summed E-state index contributed by atoms with van der Waals surface area (Å²) < 4.78 is 0. The van der Waals surface area contributed by atoms with Gasteiger partial charge in [0.25, 0.3) is 0 Å². The monoisotopic (exact) mass is 550 g/mol. The molecule has 0 amide bonds. The predicted octanol–water partition coefficient (Wildman–Crippen LogP) is 2.78. The second kappa shape index (κ2) is 18.2. The van der Waals surface area contributed by atoms with Crippen LogP contribution in [0, 0.1) is 12.8 Å². The minimum atomic E-state index is -1.34. The summed E-state index contributed by atoms with van der Waals surface area (Å²) in [6.45, 7) is 1.53. The average Bonchev–Trinajstić information content (AvgIpc) is 2.54. The molecule has 0 unspecified atom stereocenters. The molecule has 5 N–H and O–H groups in total. The van der Waals surface area contributed by atoms with Gasteiger partial charge in [-0.05, 0) is 31.9 Å². The molecule has 1 rings (SSSR count). The number of carbonyl (C=O) groups excluding carboxylic acids is 1. The predicted molar refractivity (Wildman–Crippen MR) is 92.8 cm³/mol. The van der Waals surface area contributed by atoms with E-state index in [-0.39, 0.29) is 39.4 Å². The molecule has 1 aromatic rings. The van der Waals surface area contributed by atoms with Crippen LogP contribution < -0.4 is 0 Å². The number of hydrogen-bond donors (Lipinski definition) is 3. The van der Waals surface area contributed by atoms with Crippen molar-refractivity contribution in [2.45, 2.75) is 45.4 Å². The van der Waals surface area contributed by atoms with Gasteiger partial charge in [-0.3, -0.25) is 19.4 Å². The van der Waals surface area contributed by atoms with Crippen molar-refractivity contribution in [1.29, 1.82) is 0 Å². The smallest absolute Gasteiger partial charge is 0.317 e. The third-order valence-corrected chi connectivity index (χ3v) is 3.28. The molecule has 0 aromatic carbocycles. The van der Waals surface area contributed by atoms with Crippen molar-refractivity contribution in [1.82, 2.24) is 4.98 Å². The van der Waals surface area contributed by atoms with Gasteiger partial charge in [-0.25, -0.2) is 0 Å². The van der Waals surface area contributed by atoms with Gasteiger partial charge in [0.05, 0.1) is 0 Å². The van der Waals surface area contributed by atoms with Crippen LogP contribution in [0.4, 0.5) is 0 Å². The van der Waals surface area contributed by atoms with Gasteiger partial charge in [-0.15, -0.1) is 0 Å². The van der Waals surface area contributed by atoms with Crippen LogP contribution in [0.5, 0.6) is 0 Å². The number of rotatable bonds is 10. The SMILES string of the molecule is Cc1ccccn1.O=C(CO)CCCCCCC(C(=O)O)C(=O)O.[NH2-].[Pt]. The summed E-state index contributed by atoms with van der Waals surface area (Å²) in [5.74, 6) is -4.17. The Bertz CT molecular complexity index is 499. The fourth-order valence-corrected chi connectivity index (χ4v) is 1.90. The Morgan fingerprint density at radius 1 is 1.04 bits per heavy atom. The molecule has 0 aliphatic heterocycles. The number of ketones is 1. The molecule has 1 aromatic heterocycles. The van der Waals surface area contributed by atoms with Crippen molar-refractivity contribution in [2.75, 3.05) is 6.61 Å². The molecule has 0 saturated carbocycles. The van der Waals surface area contributed by atoms with E-state index in [9.17, 15) is 14.4 Å². The molecule has 0 aliphatic rings. The van der Waals surface area contributed by atoms with Gasteiger partial charge < -0.3 is 21.5 Å². The molecule has 0 spiro atoms. The third-order valence-electron chi connectivity index (χ3n) is 3.28. The van der Waals surface area contributed by atoms with Gasteiger partial charge >= 0.3 is 11.9 Å². The van der Waals surface area contributed by atoms with Crippen molar-refractivity contribution >= 4 is 17.7 Å². The molecule has 9 heteroatoms. The first-order chi connectivity index (χ1) is 11.4. The average molecular weight is 550 g/mol. The number of carboxylic acids is 2. The standard InChI is InChI=1S/C11H18O6.C6H7N.H2N.Pt/c12-7-8(13)5-3-1-2-4-6-9(10(14)15)11(16)17;1-6-4-2-3-5-7-6;;/h9,12H,1-7H2,(H,14,15)(H,16,17);2-5H,1H3;1H2;/q;;-1;. The maximum atomic E-state index is 10.7. The fourth-order valence-electron chi connectivity index (χ4n) is 1.90. The number of nitrogens with two attached hydrogens (primary N) is 1. The van der Waals surface area contributed by atoms with Crippen molar-refractivity contribution < 1.29 is 50.8 Å². The summed E-state index contributed by atoms with van der Waals surface area (Å²) in [7, 11) is 0. The zero-order valence-corrected chi connectivity index (χ0v) is 17.0. The van der Waals surface area contributed by atoms with Crippen LogP contribution in [0.2, 0.25) is 0 Å². The molecule has 0 radical (unpaired) electrons. The van der Waals surface area contributed by atoms with Crippen LogP contribution in [-0.4, -0.2) is 44.6 Å². The number of aliphatic carboxylic acids is 2. The number of aromatic nitrogens is 1. The maximum absolute atomic E-state index is 10.7. The van der Waals surface area contributed by atoms with Crippen molar-refractivity contribution in [3.05, 3.63) is 36.2 Å². The van der Waals surface area contributed by atoms with Gasteiger partial charge in [0.1, 0.15) is 6.61 Å². The van der Waals surface area contributed by atoms with E-state index in [1.165, 1.54) is 0 Å². The number of nitrogens with zero attached hydrogens (tertiary/aromatic N) is 1. The van der Waals surface area contributed by atoms with E-state index in [1.54, 1.807) is 6.20 Å². The number of carbonyl (C=O) groups is 3. The van der Waals surface area contributed by atoms with E-state index in [4.69, 9.17) is 15.3 Å². The number of pyridine rings is 1. The van der Waals surface area contributed by atoms with Crippen LogP contribution in [0.1, 0.15) is 44.2 Å². The van der Waals surface area contributed by atoms with E-state index in [0.717, 1.165) is 12.1 Å². The van der Waals surface area contributed by atoms with E-state index < -0.39 is 24.5 Å².